The van der Waals surface area contributed by atoms with Gasteiger partial charge in [0.25, 0.3) is 0 Å². The molecule has 0 amide bonds. The molecule has 1 aliphatic rings. The summed E-state index contributed by atoms with van der Waals surface area (Å²) in [5, 5.41) is 2.63. The van der Waals surface area contributed by atoms with E-state index in [1.165, 1.54) is 12.1 Å². The van der Waals surface area contributed by atoms with E-state index in [-0.39, 0.29) is 28.9 Å². The van der Waals surface area contributed by atoms with E-state index in [1.54, 1.807) is 0 Å². The fourth-order valence-corrected chi connectivity index (χ4v) is 1.67. The average molecular weight is 367 g/mol. The average Bonchev–Trinajstić information content (AvgIpc) is 2.84. The van der Waals surface area contributed by atoms with Gasteiger partial charge in [0.1, 0.15) is 0 Å². The lowest BCUT2D eigenvalue weighted by Crippen LogP contribution is -2.58. The molecule has 1 N–H and O–H groups in total. The van der Waals surface area contributed by atoms with Gasteiger partial charge in [-0.25, -0.2) is 5.43 Å². The molecular weight excluding hydrogens is 361 g/mol. The van der Waals surface area contributed by atoms with Gasteiger partial charge in [0.2, 0.25) is 6.79 Å². The summed E-state index contributed by atoms with van der Waals surface area (Å²) in [5.74, 6) is -5.87. The van der Waals surface area contributed by atoms with Crippen molar-refractivity contribution in [2.45, 2.75) is 18.1 Å². The molecule has 0 unspecified atom stereocenters. The number of halogens is 8. The zero-order chi connectivity index (χ0) is 17.5. The summed E-state index contributed by atoms with van der Waals surface area (Å²) in [6, 6.07) is -3.21. The molecule has 0 spiro atoms. The predicted molar refractivity (Wildman–Crippen MR) is 64.3 cm³/mol. The normalized spacial score (nSPS) is 15.3. The van der Waals surface area contributed by atoms with Crippen molar-refractivity contribution in [2.24, 2.45) is 5.10 Å². The molecule has 23 heavy (non-hydrogen) atoms. The van der Waals surface area contributed by atoms with E-state index in [9.17, 15) is 30.7 Å². The summed E-state index contributed by atoms with van der Waals surface area (Å²) in [7, 11) is 0. The largest absolute Gasteiger partial charge is 0.462 e. The second kappa shape index (κ2) is 5.62. The van der Waals surface area contributed by atoms with Crippen molar-refractivity contribution < 1.29 is 40.2 Å². The van der Waals surface area contributed by atoms with Crippen LogP contribution in [0.2, 0.25) is 5.02 Å². The minimum absolute atomic E-state index is 0.0606. The number of nitrogens with zero attached hydrogens (tertiary/aromatic N) is 1. The van der Waals surface area contributed by atoms with E-state index >= 15 is 0 Å². The smallest absolute Gasteiger partial charge is 0.454 e. The van der Waals surface area contributed by atoms with Gasteiger partial charge in [0.15, 0.2) is 11.5 Å². The number of hydrogen-bond acceptors (Lipinski definition) is 4. The van der Waals surface area contributed by atoms with E-state index in [0.29, 0.717) is 11.6 Å². The molecule has 0 bridgehead atoms. The van der Waals surface area contributed by atoms with Gasteiger partial charge in [0, 0.05) is 11.6 Å². The number of nitrogens with one attached hydrogen (secondary N) is 1. The van der Waals surface area contributed by atoms with Gasteiger partial charge >= 0.3 is 18.1 Å². The molecule has 1 aromatic rings. The molecule has 0 aliphatic carbocycles. The first-order chi connectivity index (χ1) is 10.5. The van der Waals surface area contributed by atoms with E-state index in [2.05, 4.69) is 5.10 Å². The summed E-state index contributed by atoms with van der Waals surface area (Å²) >= 11 is 5.75. The Morgan fingerprint density at radius 1 is 1.04 bits per heavy atom. The maximum Gasteiger partial charge on any atom is 0.462 e. The molecule has 2 rings (SSSR count). The third kappa shape index (κ3) is 3.23. The maximum atomic E-state index is 12.9. The number of hydrogen-bond donors (Lipinski definition) is 1. The standard InChI is InChI=1S/C11H6ClF7N2O2/c12-6-2-8-7(22-4-23-8)1-5(6)3-20-21-11(18,19)9(13,14)10(15,16)17/h1-3,21H,4H2/b20-3-. The zero-order valence-corrected chi connectivity index (χ0v) is 11.5. The first-order valence-electron chi connectivity index (χ1n) is 5.67. The number of benzene rings is 1. The van der Waals surface area contributed by atoms with Crippen LogP contribution in [0.15, 0.2) is 17.2 Å². The van der Waals surface area contributed by atoms with Gasteiger partial charge < -0.3 is 9.47 Å². The predicted octanol–water partition coefficient (Wildman–Crippen LogP) is 3.78. The van der Waals surface area contributed by atoms with E-state index in [0.717, 1.165) is 0 Å². The fraction of sp³-hybridized carbons (Fsp3) is 0.364. The number of hydrazone groups is 1. The topological polar surface area (TPSA) is 42.9 Å². The lowest BCUT2D eigenvalue weighted by Gasteiger charge is -2.27. The Kier molecular flexibility index (Phi) is 4.26. The number of fused-ring (bicyclic) bond motifs is 1. The molecule has 1 aliphatic heterocycles. The Bertz CT molecular complexity index is 634. The van der Waals surface area contributed by atoms with Gasteiger partial charge in [0.05, 0.1) is 11.2 Å². The molecule has 12 heteroatoms. The summed E-state index contributed by atoms with van der Waals surface area (Å²) in [6.07, 6.45) is -5.90. The molecular formula is C11H6ClF7N2O2. The molecule has 1 heterocycles. The Balaban J connectivity index is 2.16. The Labute approximate surface area is 128 Å². The molecule has 1 aromatic carbocycles. The molecule has 0 saturated carbocycles. The lowest BCUT2D eigenvalue weighted by molar-refractivity contribution is -0.361. The summed E-state index contributed by atoms with van der Waals surface area (Å²) in [6.45, 7) is -0.111. The van der Waals surface area contributed by atoms with Crippen LogP contribution in [0.3, 0.4) is 0 Å². The van der Waals surface area contributed by atoms with Crippen molar-refractivity contribution in [3.8, 4) is 11.5 Å². The van der Waals surface area contributed by atoms with Crippen molar-refractivity contribution in [1.29, 1.82) is 0 Å². The molecule has 0 fully saturated rings. The minimum Gasteiger partial charge on any atom is -0.454 e. The van der Waals surface area contributed by atoms with Gasteiger partial charge in [-0.05, 0) is 6.07 Å². The molecule has 0 radical (unpaired) electrons. The monoisotopic (exact) mass is 366 g/mol. The van der Waals surface area contributed by atoms with Crippen molar-refractivity contribution in [3.05, 3.63) is 22.7 Å². The van der Waals surface area contributed by atoms with Crippen molar-refractivity contribution in [1.82, 2.24) is 5.43 Å². The van der Waals surface area contributed by atoms with Gasteiger partial charge in [-0.1, -0.05) is 11.6 Å². The summed E-state index contributed by atoms with van der Waals surface area (Å²) in [4.78, 5) is 0. The first-order valence-corrected chi connectivity index (χ1v) is 6.05. The van der Waals surface area contributed by atoms with Crippen LogP contribution in [-0.2, 0) is 0 Å². The first kappa shape index (κ1) is 17.4. The Morgan fingerprint density at radius 3 is 2.17 bits per heavy atom. The zero-order valence-electron chi connectivity index (χ0n) is 10.7. The van der Waals surface area contributed by atoms with Gasteiger partial charge in [-0.3, -0.25) is 0 Å². The third-order valence-corrected chi connectivity index (χ3v) is 2.98. The van der Waals surface area contributed by atoms with Crippen LogP contribution in [-0.4, -0.2) is 31.2 Å². The molecule has 0 atom stereocenters. The summed E-state index contributed by atoms with van der Waals surface area (Å²) < 4.78 is 96.8. The second-order valence-electron chi connectivity index (χ2n) is 4.24. The molecule has 128 valence electrons. The molecule has 0 saturated heterocycles. The van der Waals surface area contributed by atoms with E-state index < -0.39 is 18.1 Å². The number of alkyl halides is 7. The van der Waals surface area contributed by atoms with E-state index in [4.69, 9.17) is 21.1 Å². The Hall–Kier alpha value is -1.91. The van der Waals surface area contributed by atoms with Crippen LogP contribution in [0.1, 0.15) is 5.56 Å². The van der Waals surface area contributed by atoms with Crippen LogP contribution in [0.4, 0.5) is 30.7 Å². The minimum atomic E-state index is -6.45. The third-order valence-electron chi connectivity index (χ3n) is 2.65. The second-order valence-corrected chi connectivity index (χ2v) is 4.65. The highest BCUT2D eigenvalue weighted by atomic mass is 35.5. The number of ether oxygens (including phenoxy) is 2. The number of rotatable bonds is 4. The Morgan fingerprint density at radius 2 is 1.61 bits per heavy atom. The highest BCUT2D eigenvalue weighted by Crippen LogP contribution is 2.45. The molecule has 4 nitrogen and oxygen atoms in total. The SMILES string of the molecule is FC(F)(F)C(F)(F)C(F)(F)N/N=C\c1cc2c(cc1Cl)OCO2. The van der Waals surface area contributed by atoms with E-state index in [1.807, 2.05) is 0 Å². The highest BCUT2D eigenvalue weighted by molar-refractivity contribution is 6.33. The van der Waals surface area contributed by atoms with Crippen molar-refractivity contribution in [2.75, 3.05) is 6.79 Å². The van der Waals surface area contributed by atoms with Gasteiger partial charge in [-0.15, -0.1) is 0 Å². The molecule has 0 aromatic heterocycles. The lowest BCUT2D eigenvalue weighted by atomic mass is 10.2. The van der Waals surface area contributed by atoms with Crippen LogP contribution >= 0.6 is 11.6 Å². The fourth-order valence-electron chi connectivity index (χ4n) is 1.46. The van der Waals surface area contributed by atoms with Crippen LogP contribution in [0.25, 0.3) is 0 Å². The van der Waals surface area contributed by atoms with Gasteiger partial charge in [-0.2, -0.15) is 35.8 Å². The van der Waals surface area contributed by atoms with Crippen LogP contribution < -0.4 is 14.9 Å². The van der Waals surface area contributed by atoms with Crippen molar-refractivity contribution >= 4 is 17.8 Å². The van der Waals surface area contributed by atoms with Crippen molar-refractivity contribution in [3.63, 3.8) is 0 Å². The van der Waals surface area contributed by atoms with Crippen LogP contribution in [0, 0.1) is 0 Å². The quantitative estimate of drug-likeness (QED) is 0.382. The summed E-state index contributed by atoms with van der Waals surface area (Å²) in [5.41, 5.74) is 0.424. The van der Waals surface area contributed by atoms with Crippen LogP contribution in [0.5, 0.6) is 11.5 Å². The highest BCUT2D eigenvalue weighted by Gasteiger charge is 2.73. The maximum absolute atomic E-state index is 12.9.